The Balaban J connectivity index is 2.34. The van der Waals surface area contributed by atoms with Gasteiger partial charge in [-0.2, -0.15) is 14.4 Å². The number of hydrogen-bond donors (Lipinski definition) is 1. The number of aryl methyl sites for hydroxylation is 1. The highest BCUT2D eigenvalue weighted by molar-refractivity contribution is 6.30. The monoisotopic (exact) mass is 297 g/mol. The van der Waals surface area contributed by atoms with Crippen LogP contribution >= 0.6 is 11.6 Å². The number of ether oxygens (including phenoxy) is 1. The van der Waals surface area contributed by atoms with Gasteiger partial charge in [0.1, 0.15) is 5.82 Å². The molecule has 0 spiro atoms. The Morgan fingerprint density at radius 3 is 2.90 bits per heavy atom. The maximum atomic E-state index is 13.7. The van der Waals surface area contributed by atoms with Crippen molar-refractivity contribution >= 4 is 17.5 Å². The van der Waals surface area contributed by atoms with E-state index in [1.807, 2.05) is 0 Å². The lowest BCUT2D eigenvalue weighted by molar-refractivity contribution is 0.210. The average Bonchev–Trinajstić information content (AvgIpc) is 2.41. The molecule has 2 rings (SSSR count). The standard InChI is InChI=1S/C12H13ClFN5O/c1-7-17-11(9-5-8(13)6-16-10(9)14)19-12(18-7)15-3-4-20-2/h5-6H,3-4H2,1-2H3,(H,15,17,18,19). The molecule has 2 aromatic rings. The molecule has 0 unspecified atom stereocenters. The molecule has 0 amide bonds. The van der Waals surface area contributed by atoms with E-state index < -0.39 is 5.95 Å². The van der Waals surface area contributed by atoms with Crippen LogP contribution < -0.4 is 5.32 Å². The molecule has 6 nitrogen and oxygen atoms in total. The van der Waals surface area contributed by atoms with Crippen LogP contribution in [0.25, 0.3) is 11.4 Å². The van der Waals surface area contributed by atoms with E-state index in [1.54, 1.807) is 14.0 Å². The summed E-state index contributed by atoms with van der Waals surface area (Å²) in [5, 5.41) is 3.28. The van der Waals surface area contributed by atoms with Crippen molar-refractivity contribution in [2.24, 2.45) is 0 Å². The number of nitrogens with zero attached hydrogens (tertiary/aromatic N) is 4. The predicted molar refractivity (Wildman–Crippen MR) is 73.1 cm³/mol. The number of halogens is 2. The van der Waals surface area contributed by atoms with Crippen LogP contribution in [0.3, 0.4) is 0 Å². The lowest BCUT2D eigenvalue weighted by Gasteiger charge is -2.07. The smallest absolute Gasteiger partial charge is 0.226 e. The molecule has 0 saturated carbocycles. The second kappa shape index (κ2) is 6.53. The van der Waals surface area contributed by atoms with Crippen molar-refractivity contribution in [1.29, 1.82) is 0 Å². The third kappa shape index (κ3) is 3.58. The molecule has 20 heavy (non-hydrogen) atoms. The Morgan fingerprint density at radius 1 is 1.35 bits per heavy atom. The van der Waals surface area contributed by atoms with Crippen molar-refractivity contribution in [3.8, 4) is 11.4 Å². The van der Waals surface area contributed by atoms with E-state index in [0.717, 1.165) is 0 Å². The summed E-state index contributed by atoms with van der Waals surface area (Å²) in [7, 11) is 1.60. The Hall–Kier alpha value is -1.86. The average molecular weight is 298 g/mol. The molecule has 1 N–H and O–H groups in total. The van der Waals surface area contributed by atoms with Gasteiger partial charge in [0.05, 0.1) is 17.2 Å². The Morgan fingerprint density at radius 2 is 2.15 bits per heavy atom. The van der Waals surface area contributed by atoms with Crippen LogP contribution in [0.15, 0.2) is 12.3 Å². The maximum Gasteiger partial charge on any atom is 0.226 e. The van der Waals surface area contributed by atoms with Gasteiger partial charge in [0.15, 0.2) is 5.82 Å². The van der Waals surface area contributed by atoms with Crippen LogP contribution in [0.2, 0.25) is 5.02 Å². The third-order valence-corrected chi connectivity index (χ3v) is 2.59. The van der Waals surface area contributed by atoms with Crippen LogP contribution in [0.1, 0.15) is 5.82 Å². The zero-order valence-electron chi connectivity index (χ0n) is 11.0. The topological polar surface area (TPSA) is 72.8 Å². The van der Waals surface area contributed by atoms with Crippen molar-refractivity contribution in [1.82, 2.24) is 19.9 Å². The highest BCUT2D eigenvalue weighted by atomic mass is 35.5. The summed E-state index contributed by atoms with van der Waals surface area (Å²) in [6.45, 7) is 2.74. The van der Waals surface area contributed by atoms with Crippen LogP contribution in [-0.2, 0) is 4.74 Å². The minimum Gasteiger partial charge on any atom is -0.383 e. The van der Waals surface area contributed by atoms with Gasteiger partial charge in [-0.3, -0.25) is 0 Å². The second-order valence-corrected chi connectivity index (χ2v) is 4.38. The van der Waals surface area contributed by atoms with Crippen molar-refractivity contribution < 1.29 is 9.13 Å². The van der Waals surface area contributed by atoms with Crippen molar-refractivity contribution in [2.75, 3.05) is 25.6 Å². The molecular formula is C12H13ClFN5O. The number of hydrogen-bond acceptors (Lipinski definition) is 6. The highest BCUT2D eigenvalue weighted by Crippen LogP contribution is 2.22. The molecule has 2 aromatic heterocycles. The summed E-state index contributed by atoms with van der Waals surface area (Å²) in [6.07, 6.45) is 1.23. The van der Waals surface area contributed by atoms with Gasteiger partial charge in [0.25, 0.3) is 0 Å². The number of anilines is 1. The molecule has 0 fully saturated rings. The molecule has 106 valence electrons. The third-order valence-electron chi connectivity index (χ3n) is 2.38. The molecule has 0 saturated heterocycles. The van der Waals surface area contributed by atoms with E-state index in [9.17, 15) is 4.39 Å². The predicted octanol–water partition coefficient (Wildman–Crippen LogP) is 2.09. The van der Waals surface area contributed by atoms with Crippen LogP contribution in [-0.4, -0.2) is 40.2 Å². The van der Waals surface area contributed by atoms with Gasteiger partial charge >= 0.3 is 0 Å². The van der Waals surface area contributed by atoms with Gasteiger partial charge in [0, 0.05) is 19.9 Å². The van der Waals surface area contributed by atoms with Crippen LogP contribution in [0.5, 0.6) is 0 Å². The summed E-state index contributed by atoms with van der Waals surface area (Å²) in [5.74, 6) is 0.325. The normalized spacial score (nSPS) is 10.6. The fourth-order valence-corrected chi connectivity index (χ4v) is 1.68. The van der Waals surface area contributed by atoms with Crippen LogP contribution in [0, 0.1) is 12.9 Å². The quantitative estimate of drug-likeness (QED) is 0.673. The molecular weight excluding hydrogens is 285 g/mol. The first-order valence-corrected chi connectivity index (χ1v) is 6.25. The van der Waals surface area contributed by atoms with Crippen molar-refractivity contribution in [3.63, 3.8) is 0 Å². The molecule has 0 atom stereocenters. The number of pyridine rings is 1. The van der Waals surface area contributed by atoms with E-state index in [1.165, 1.54) is 12.3 Å². The number of rotatable bonds is 5. The molecule has 0 aliphatic heterocycles. The zero-order chi connectivity index (χ0) is 14.5. The molecule has 0 aliphatic rings. The Labute approximate surface area is 120 Å². The highest BCUT2D eigenvalue weighted by Gasteiger charge is 2.12. The van der Waals surface area contributed by atoms with Gasteiger partial charge in [-0.25, -0.2) is 9.97 Å². The zero-order valence-corrected chi connectivity index (χ0v) is 11.8. The van der Waals surface area contributed by atoms with E-state index in [4.69, 9.17) is 16.3 Å². The molecule has 0 bridgehead atoms. The summed E-state index contributed by atoms with van der Waals surface area (Å²) < 4.78 is 18.6. The van der Waals surface area contributed by atoms with Gasteiger partial charge < -0.3 is 10.1 Å². The first-order valence-electron chi connectivity index (χ1n) is 5.87. The Kier molecular flexibility index (Phi) is 4.75. The minimum absolute atomic E-state index is 0.137. The van der Waals surface area contributed by atoms with Gasteiger partial charge in [-0.1, -0.05) is 11.6 Å². The van der Waals surface area contributed by atoms with Crippen LogP contribution in [0.4, 0.5) is 10.3 Å². The van der Waals surface area contributed by atoms with E-state index in [2.05, 4.69) is 25.3 Å². The Bertz CT molecular complexity index is 610. The fraction of sp³-hybridized carbons (Fsp3) is 0.333. The fourth-order valence-electron chi connectivity index (χ4n) is 1.53. The molecule has 0 aliphatic carbocycles. The first kappa shape index (κ1) is 14.5. The number of nitrogens with one attached hydrogen (secondary N) is 1. The maximum absolute atomic E-state index is 13.7. The molecule has 2 heterocycles. The van der Waals surface area contributed by atoms with Gasteiger partial charge in [-0.15, -0.1) is 0 Å². The SMILES string of the molecule is COCCNc1nc(C)nc(-c2cc(Cl)cnc2F)n1. The molecule has 0 radical (unpaired) electrons. The van der Waals surface area contributed by atoms with E-state index in [0.29, 0.717) is 29.9 Å². The number of aromatic nitrogens is 4. The second-order valence-electron chi connectivity index (χ2n) is 3.94. The molecule has 0 aromatic carbocycles. The van der Waals surface area contributed by atoms with Crippen molar-refractivity contribution in [2.45, 2.75) is 6.92 Å². The summed E-state index contributed by atoms with van der Waals surface area (Å²) in [5.41, 5.74) is 0.137. The lowest BCUT2D eigenvalue weighted by Crippen LogP contribution is -2.12. The van der Waals surface area contributed by atoms with Crippen molar-refractivity contribution in [3.05, 3.63) is 29.1 Å². The summed E-state index contributed by atoms with van der Waals surface area (Å²) in [4.78, 5) is 15.9. The largest absolute Gasteiger partial charge is 0.383 e. The van der Waals surface area contributed by atoms with E-state index in [-0.39, 0.29) is 11.4 Å². The number of methoxy groups -OCH3 is 1. The molecule has 8 heteroatoms. The van der Waals surface area contributed by atoms with Gasteiger partial charge in [0.2, 0.25) is 11.9 Å². The first-order chi connectivity index (χ1) is 9.60. The summed E-state index contributed by atoms with van der Waals surface area (Å²) in [6, 6.07) is 1.43. The van der Waals surface area contributed by atoms with E-state index >= 15 is 0 Å². The van der Waals surface area contributed by atoms with Gasteiger partial charge in [-0.05, 0) is 13.0 Å². The minimum atomic E-state index is -0.678. The lowest BCUT2D eigenvalue weighted by atomic mass is 10.2. The summed E-state index contributed by atoms with van der Waals surface area (Å²) >= 11 is 5.82.